The summed E-state index contributed by atoms with van der Waals surface area (Å²) in [4.78, 5) is 17.7. The second-order valence-electron chi connectivity index (χ2n) is 11.0. The fourth-order valence-corrected chi connectivity index (χ4v) is 6.31. The lowest BCUT2D eigenvalue weighted by molar-refractivity contribution is 0.473. The Labute approximate surface area is 268 Å². The molecular weight excluding hydrogens is 620 g/mol. The molecule has 0 aliphatic carbocycles. The number of benzene rings is 3. The summed E-state index contributed by atoms with van der Waals surface area (Å²) in [5.41, 5.74) is 12.1. The first-order valence-corrected chi connectivity index (χ1v) is 15.6. The van der Waals surface area contributed by atoms with E-state index in [9.17, 15) is 0 Å². The Morgan fingerprint density at radius 3 is 1.47 bits per heavy atom. The Morgan fingerprint density at radius 2 is 0.956 bits per heavy atom. The van der Waals surface area contributed by atoms with E-state index in [1.807, 2.05) is 79.7 Å². The molecule has 8 bridgehead atoms. The summed E-state index contributed by atoms with van der Waals surface area (Å²) < 4.78 is 7.62. The van der Waals surface area contributed by atoms with Gasteiger partial charge in [0.2, 0.25) is 0 Å². The summed E-state index contributed by atoms with van der Waals surface area (Å²) >= 11 is 3.88. The molecule has 3 aromatic carbocycles. The predicted molar refractivity (Wildman–Crippen MR) is 189 cm³/mol. The lowest BCUT2D eigenvalue weighted by Gasteiger charge is -2.10. The van der Waals surface area contributed by atoms with Gasteiger partial charge < -0.3 is 14.7 Å². The van der Waals surface area contributed by atoms with Gasteiger partial charge >= 0.3 is 0 Å². The van der Waals surface area contributed by atoms with E-state index in [4.69, 9.17) is 14.7 Å². The van der Waals surface area contributed by atoms with E-state index in [-0.39, 0.29) is 0 Å². The fourth-order valence-electron chi connectivity index (χ4n) is 5.85. The second kappa shape index (κ2) is 11.2. The largest absolute Gasteiger partial charge is 0.453 e. The van der Waals surface area contributed by atoms with Gasteiger partial charge in [0.15, 0.2) is 5.75 Å². The van der Waals surface area contributed by atoms with Crippen LogP contribution in [0.5, 0.6) is 11.5 Å². The number of nitrogens with zero attached hydrogens (tertiary/aromatic N) is 2. The van der Waals surface area contributed by atoms with E-state index in [0.717, 1.165) is 71.5 Å². The van der Waals surface area contributed by atoms with Gasteiger partial charge in [0.1, 0.15) is 17.1 Å². The molecule has 45 heavy (non-hydrogen) atoms. The number of aromatic nitrogens is 4. The number of fused-ring (bicyclic) bond motifs is 8. The van der Waals surface area contributed by atoms with Gasteiger partial charge in [0, 0.05) is 22.2 Å². The van der Waals surface area contributed by atoms with Crippen molar-refractivity contribution in [1.29, 1.82) is 0 Å². The first kappa shape index (κ1) is 27.1. The molecule has 2 aliphatic heterocycles. The molecule has 0 unspecified atom stereocenters. The van der Waals surface area contributed by atoms with Gasteiger partial charge in [-0.15, -0.1) is 0 Å². The number of para-hydroxylation sites is 1. The van der Waals surface area contributed by atoms with Gasteiger partial charge in [-0.3, -0.25) is 0 Å². The molecule has 5 nitrogen and oxygen atoms in total. The number of halogens is 1. The van der Waals surface area contributed by atoms with Gasteiger partial charge in [-0.25, -0.2) is 9.97 Å². The van der Waals surface area contributed by atoms with Crippen molar-refractivity contribution in [2.75, 3.05) is 0 Å². The molecule has 0 spiro atoms. The molecule has 0 radical (unpaired) electrons. The number of ether oxygens (including phenoxy) is 1. The van der Waals surface area contributed by atoms with Crippen LogP contribution in [0.15, 0.2) is 114 Å². The minimum Gasteiger partial charge on any atom is -0.453 e. The number of H-pyrrole nitrogens is 2. The van der Waals surface area contributed by atoms with Gasteiger partial charge in [-0.1, -0.05) is 78.9 Å². The highest BCUT2D eigenvalue weighted by Crippen LogP contribution is 2.38. The van der Waals surface area contributed by atoms with Crippen LogP contribution in [0.25, 0.3) is 68.6 Å². The Balaban J connectivity index is 1.52. The number of hydrogen-bond donors (Lipinski definition) is 2. The van der Waals surface area contributed by atoms with Crippen molar-refractivity contribution in [3.8, 4) is 33.8 Å². The Hall–Kier alpha value is -5.46. The molecule has 5 heterocycles. The van der Waals surface area contributed by atoms with Crippen LogP contribution in [0.4, 0.5) is 0 Å². The van der Waals surface area contributed by atoms with E-state index in [2.05, 4.69) is 86.6 Å². The molecule has 0 amide bonds. The zero-order chi connectivity index (χ0) is 30.3. The van der Waals surface area contributed by atoms with E-state index < -0.39 is 0 Å². The molecule has 6 heteroatoms. The molecule has 0 saturated carbocycles. The lowest BCUT2D eigenvalue weighted by Crippen LogP contribution is -1.94. The van der Waals surface area contributed by atoms with E-state index in [1.54, 1.807) is 0 Å². The average molecular weight is 648 g/mol. The molecule has 2 N–H and O–H groups in total. The zero-order valence-corrected chi connectivity index (χ0v) is 26.0. The molecule has 8 rings (SSSR count). The highest BCUT2D eigenvalue weighted by molar-refractivity contribution is 9.10. The highest BCUT2D eigenvalue weighted by atomic mass is 79.9. The minimum atomic E-state index is 0.601. The summed E-state index contributed by atoms with van der Waals surface area (Å²) in [5, 5.41) is 0. The molecule has 216 valence electrons. The summed E-state index contributed by atoms with van der Waals surface area (Å²) in [6.07, 6.45) is 8.14. The molecule has 0 fully saturated rings. The summed E-state index contributed by atoms with van der Waals surface area (Å²) in [6, 6.07) is 37.1. The third-order valence-electron chi connectivity index (χ3n) is 8.07. The molecule has 0 atom stereocenters. The topological polar surface area (TPSA) is 66.6 Å². The van der Waals surface area contributed by atoms with Gasteiger partial charge in [-0.05, 0) is 94.2 Å². The van der Waals surface area contributed by atoms with Crippen LogP contribution in [0.3, 0.4) is 0 Å². The normalized spacial score (nSPS) is 12.0. The van der Waals surface area contributed by atoms with E-state index >= 15 is 0 Å². The SMILES string of the molecule is Cc1ccccc1Oc1c2nc(c(-c3ccccc3)c3ccc([nH]3)c(Br)c3ccc([nH]3)c(-c3ccccc3)c3nc1C=C3)C=C2. The van der Waals surface area contributed by atoms with Crippen molar-refractivity contribution in [2.45, 2.75) is 6.92 Å². The van der Waals surface area contributed by atoms with Crippen molar-refractivity contribution in [3.63, 3.8) is 0 Å². The van der Waals surface area contributed by atoms with Crippen molar-refractivity contribution < 1.29 is 4.74 Å². The average Bonchev–Trinajstić information content (AvgIpc) is 3.90. The number of nitrogens with one attached hydrogen (secondary N) is 2. The van der Waals surface area contributed by atoms with E-state index in [1.165, 1.54) is 0 Å². The fraction of sp³-hybridized carbons (Fsp3) is 0.0256. The summed E-state index contributed by atoms with van der Waals surface area (Å²) in [5.74, 6) is 1.36. The second-order valence-corrected chi connectivity index (χ2v) is 11.8. The van der Waals surface area contributed by atoms with Crippen molar-refractivity contribution in [1.82, 2.24) is 19.9 Å². The van der Waals surface area contributed by atoms with Crippen LogP contribution in [-0.2, 0) is 0 Å². The predicted octanol–water partition coefficient (Wildman–Crippen LogP) is 10.9. The molecule has 3 aromatic heterocycles. The Bertz CT molecular complexity index is 2180. The smallest absolute Gasteiger partial charge is 0.178 e. The van der Waals surface area contributed by atoms with Crippen LogP contribution in [0.1, 0.15) is 28.3 Å². The lowest BCUT2D eigenvalue weighted by atomic mass is 10.0. The van der Waals surface area contributed by atoms with Crippen molar-refractivity contribution >= 4 is 62.3 Å². The third-order valence-corrected chi connectivity index (χ3v) is 8.93. The van der Waals surface area contributed by atoms with Crippen molar-refractivity contribution in [2.24, 2.45) is 0 Å². The highest BCUT2D eigenvalue weighted by Gasteiger charge is 2.19. The van der Waals surface area contributed by atoms with Crippen molar-refractivity contribution in [3.05, 3.63) is 142 Å². The number of aromatic amines is 2. The first-order chi connectivity index (χ1) is 22.1. The van der Waals surface area contributed by atoms with Gasteiger partial charge in [-0.2, -0.15) is 0 Å². The maximum atomic E-state index is 6.69. The minimum absolute atomic E-state index is 0.601. The Morgan fingerprint density at radius 1 is 0.511 bits per heavy atom. The van der Waals surface area contributed by atoms with Gasteiger partial charge in [0.05, 0.1) is 26.9 Å². The van der Waals surface area contributed by atoms with Gasteiger partial charge in [0.25, 0.3) is 0 Å². The van der Waals surface area contributed by atoms with Crippen LogP contribution in [0, 0.1) is 6.92 Å². The molecular formula is C39H27BrN4O. The zero-order valence-electron chi connectivity index (χ0n) is 24.4. The first-order valence-electron chi connectivity index (χ1n) is 14.8. The van der Waals surface area contributed by atoms with Crippen LogP contribution < -0.4 is 4.74 Å². The number of aryl methyl sites for hydroxylation is 1. The molecule has 0 saturated heterocycles. The maximum absolute atomic E-state index is 6.69. The van der Waals surface area contributed by atoms with Crippen LogP contribution in [-0.4, -0.2) is 19.9 Å². The standard InChI is InChI=1S/C39H27BrN4O/c1-24-10-8-9-15-35(24)45-39-33-22-18-29(43-33)36(25-11-4-2-5-12-25)27-16-20-31(41-27)38(40)32-21-17-28(42-32)37(26-13-6-3-7-14-26)30-19-23-34(39)44-30/h2-23,41-42H,1H3. The summed E-state index contributed by atoms with van der Waals surface area (Å²) in [7, 11) is 0. The number of rotatable bonds is 4. The maximum Gasteiger partial charge on any atom is 0.178 e. The number of hydrogen-bond acceptors (Lipinski definition) is 3. The van der Waals surface area contributed by atoms with Crippen LogP contribution in [0.2, 0.25) is 0 Å². The monoisotopic (exact) mass is 646 g/mol. The Kier molecular flexibility index (Phi) is 6.77. The third kappa shape index (κ3) is 4.99. The van der Waals surface area contributed by atoms with E-state index in [0.29, 0.717) is 17.1 Å². The summed E-state index contributed by atoms with van der Waals surface area (Å²) in [6.45, 7) is 2.04. The molecule has 6 aromatic rings. The molecule has 2 aliphatic rings. The quantitative estimate of drug-likeness (QED) is 0.200. The van der Waals surface area contributed by atoms with Crippen LogP contribution >= 0.6 is 15.9 Å².